The molecule has 1 aromatic carbocycles. The van der Waals surface area contributed by atoms with Crippen molar-refractivity contribution in [2.45, 2.75) is 51.6 Å². The van der Waals surface area contributed by atoms with Gasteiger partial charge < -0.3 is 15.5 Å². The third kappa shape index (κ3) is 2.64. The maximum atomic E-state index is 9.59. The van der Waals surface area contributed by atoms with E-state index in [9.17, 15) is 10.2 Å². The smallest absolute Gasteiger partial charge is 0.119 e. The summed E-state index contributed by atoms with van der Waals surface area (Å²) in [6.45, 7) is 4.38. The van der Waals surface area contributed by atoms with Gasteiger partial charge in [-0.1, -0.05) is 6.42 Å². The molecule has 2 fully saturated rings. The highest BCUT2D eigenvalue weighted by molar-refractivity contribution is 5.38. The highest BCUT2D eigenvalue weighted by Crippen LogP contribution is 2.49. The quantitative estimate of drug-likeness (QED) is 0.787. The Morgan fingerprint density at radius 2 is 1.75 bits per heavy atom. The largest absolute Gasteiger partial charge is 0.508 e. The van der Waals surface area contributed by atoms with Crippen molar-refractivity contribution in [3.8, 4) is 11.5 Å². The molecule has 2 saturated carbocycles. The number of rotatable bonds is 4. The molecule has 5 atom stereocenters. The van der Waals surface area contributed by atoms with Gasteiger partial charge in [0.05, 0.1) is 0 Å². The average molecular weight is 275 g/mol. The van der Waals surface area contributed by atoms with Crippen molar-refractivity contribution in [3.63, 3.8) is 0 Å². The number of nitrogens with one attached hydrogen (secondary N) is 1. The van der Waals surface area contributed by atoms with Gasteiger partial charge >= 0.3 is 0 Å². The lowest BCUT2D eigenvalue weighted by Gasteiger charge is -2.31. The number of hydrogen-bond acceptors (Lipinski definition) is 3. The molecule has 2 bridgehead atoms. The van der Waals surface area contributed by atoms with Crippen LogP contribution in [0.3, 0.4) is 0 Å². The van der Waals surface area contributed by atoms with E-state index in [0.717, 1.165) is 23.3 Å². The fourth-order valence-electron chi connectivity index (χ4n) is 4.39. The molecule has 3 rings (SSSR count). The predicted molar refractivity (Wildman–Crippen MR) is 79.7 cm³/mol. The van der Waals surface area contributed by atoms with E-state index in [2.05, 4.69) is 19.2 Å². The summed E-state index contributed by atoms with van der Waals surface area (Å²) in [6.07, 6.45) is 5.64. The minimum Gasteiger partial charge on any atom is -0.508 e. The van der Waals surface area contributed by atoms with Crippen LogP contribution in [-0.2, 0) is 0 Å². The van der Waals surface area contributed by atoms with Gasteiger partial charge in [0.25, 0.3) is 0 Å². The minimum absolute atomic E-state index is 0.126. The zero-order valence-electron chi connectivity index (χ0n) is 12.3. The fraction of sp³-hybridized carbons (Fsp3) is 0.647. The highest BCUT2D eigenvalue weighted by Gasteiger charge is 2.41. The molecule has 0 aliphatic heterocycles. The summed E-state index contributed by atoms with van der Waals surface area (Å²) in [5, 5.41) is 22.8. The molecule has 2 aliphatic rings. The number of phenolic OH excluding ortho intramolecular Hbond substituents is 2. The molecule has 1 aromatic rings. The predicted octanol–water partition coefficient (Wildman–Crippen LogP) is 3.57. The van der Waals surface area contributed by atoms with Crippen LogP contribution in [0.15, 0.2) is 18.2 Å². The summed E-state index contributed by atoms with van der Waals surface area (Å²) in [6, 6.07) is 5.46. The number of benzene rings is 1. The summed E-state index contributed by atoms with van der Waals surface area (Å²) in [5.74, 6) is 2.92. The van der Waals surface area contributed by atoms with Gasteiger partial charge in [-0.3, -0.25) is 0 Å². The first kappa shape index (κ1) is 13.7. The molecule has 0 aromatic heterocycles. The maximum Gasteiger partial charge on any atom is 0.119 e. The van der Waals surface area contributed by atoms with Crippen LogP contribution in [-0.4, -0.2) is 16.3 Å². The Balaban J connectivity index is 1.64. The number of hydrogen-bond donors (Lipinski definition) is 3. The van der Waals surface area contributed by atoms with Gasteiger partial charge in [-0.05, 0) is 68.6 Å². The average Bonchev–Trinajstić information content (AvgIpc) is 2.99. The molecule has 0 radical (unpaired) electrons. The maximum absolute atomic E-state index is 9.59. The standard InChI is InChI=1S/C17H25NO2/c1-10(14-7-15(19)9-16(20)8-14)18-11(2)17-6-12-3-4-13(17)5-12/h7-13,17-20H,3-6H2,1-2H3. The molecule has 0 spiro atoms. The zero-order chi connectivity index (χ0) is 14.3. The third-order valence-corrected chi connectivity index (χ3v) is 5.37. The van der Waals surface area contributed by atoms with Crippen molar-refractivity contribution in [2.24, 2.45) is 17.8 Å². The first-order valence-electron chi connectivity index (χ1n) is 7.82. The van der Waals surface area contributed by atoms with E-state index in [1.54, 1.807) is 12.1 Å². The lowest BCUT2D eigenvalue weighted by atomic mass is 9.83. The van der Waals surface area contributed by atoms with E-state index in [1.165, 1.54) is 31.7 Å². The van der Waals surface area contributed by atoms with E-state index in [0.29, 0.717) is 6.04 Å². The summed E-state index contributed by atoms with van der Waals surface area (Å²) in [7, 11) is 0. The molecule has 0 heterocycles. The summed E-state index contributed by atoms with van der Waals surface area (Å²) in [5.41, 5.74) is 0.942. The second-order valence-electron chi connectivity index (χ2n) is 6.80. The van der Waals surface area contributed by atoms with Crippen LogP contribution in [0.2, 0.25) is 0 Å². The second kappa shape index (κ2) is 5.28. The van der Waals surface area contributed by atoms with Gasteiger partial charge in [0.2, 0.25) is 0 Å². The van der Waals surface area contributed by atoms with E-state index < -0.39 is 0 Å². The van der Waals surface area contributed by atoms with Gasteiger partial charge in [-0.15, -0.1) is 0 Å². The topological polar surface area (TPSA) is 52.5 Å². The zero-order valence-corrected chi connectivity index (χ0v) is 12.3. The van der Waals surface area contributed by atoms with E-state index >= 15 is 0 Å². The molecule has 110 valence electrons. The first-order valence-corrected chi connectivity index (χ1v) is 7.82. The van der Waals surface area contributed by atoms with Crippen LogP contribution in [0.25, 0.3) is 0 Å². The minimum atomic E-state index is 0.126. The van der Waals surface area contributed by atoms with Gasteiger partial charge in [-0.2, -0.15) is 0 Å². The molecule has 0 saturated heterocycles. The number of aromatic hydroxyl groups is 2. The van der Waals surface area contributed by atoms with Crippen LogP contribution in [0, 0.1) is 17.8 Å². The summed E-state index contributed by atoms with van der Waals surface area (Å²) < 4.78 is 0. The fourth-order valence-corrected chi connectivity index (χ4v) is 4.39. The first-order chi connectivity index (χ1) is 9.52. The van der Waals surface area contributed by atoms with Crippen LogP contribution in [0.4, 0.5) is 0 Å². The van der Waals surface area contributed by atoms with Crippen LogP contribution in [0.5, 0.6) is 11.5 Å². The van der Waals surface area contributed by atoms with Crippen LogP contribution < -0.4 is 5.32 Å². The monoisotopic (exact) mass is 275 g/mol. The SMILES string of the molecule is CC(NC(C)C1CC2CCC1C2)c1cc(O)cc(O)c1. The normalized spacial score (nSPS) is 31.4. The van der Waals surface area contributed by atoms with E-state index in [4.69, 9.17) is 0 Å². The molecule has 20 heavy (non-hydrogen) atoms. The summed E-state index contributed by atoms with van der Waals surface area (Å²) in [4.78, 5) is 0. The van der Waals surface area contributed by atoms with Gasteiger partial charge in [-0.25, -0.2) is 0 Å². The van der Waals surface area contributed by atoms with Crippen molar-refractivity contribution in [3.05, 3.63) is 23.8 Å². The van der Waals surface area contributed by atoms with Gasteiger partial charge in [0, 0.05) is 18.2 Å². The molecule has 5 unspecified atom stereocenters. The Bertz CT molecular complexity index is 468. The molecule has 2 aliphatic carbocycles. The third-order valence-electron chi connectivity index (χ3n) is 5.37. The Morgan fingerprint density at radius 1 is 1.05 bits per heavy atom. The van der Waals surface area contributed by atoms with Gasteiger partial charge in [0.1, 0.15) is 11.5 Å². The van der Waals surface area contributed by atoms with Crippen molar-refractivity contribution >= 4 is 0 Å². The Kier molecular flexibility index (Phi) is 3.63. The molecule has 0 amide bonds. The van der Waals surface area contributed by atoms with E-state index in [-0.39, 0.29) is 17.5 Å². The number of phenols is 2. The number of fused-ring (bicyclic) bond motifs is 2. The highest BCUT2D eigenvalue weighted by atomic mass is 16.3. The Hall–Kier alpha value is -1.22. The van der Waals surface area contributed by atoms with Crippen molar-refractivity contribution in [1.29, 1.82) is 0 Å². The molecule has 3 N–H and O–H groups in total. The molecule has 3 heteroatoms. The van der Waals surface area contributed by atoms with Crippen molar-refractivity contribution < 1.29 is 10.2 Å². The van der Waals surface area contributed by atoms with Crippen molar-refractivity contribution in [2.75, 3.05) is 0 Å². The molecule has 3 nitrogen and oxygen atoms in total. The van der Waals surface area contributed by atoms with E-state index in [1.807, 2.05) is 0 Å². The second-order valence-corrected chi connectivity index (χ2v) is 6.80. The lowest BCUT2D eigenvalue weighted by molar-refractivity contribution is 0.248. The van der Waals surface area contributed by atoms with Crippen LogP contribution in [0.1, 0.15) is 51.1 Å². The van der Waals surface area contributed by atoms with Gasteiger partial charge in [0.15, 0.2) is 0 Å². The Labute approximate surface area is 121 Å². The Morgan fingerprint density at radius 3 is 2.30 bits per heavy atom. The molecular weight excluding hydrogens is 250 g/mol. The lowest BCUT2D eigenvalue weighted by Crippen LogP contribution is -2.37. The molecular formula is C17H25NO2. The van der Waals surface area contributed by atoms with Crippen LogP contribution >= 0.6 is 0 Å². The van der Waals surface area contributed by atoms with Crippen molar-refractivity contribution in [1.82, 2.24) is 5.32 Å². The summed E-state index contributed by atoms with van der Waals surface area (Å²) >= 11 is 0.